The minimum atomic E-state index is -3.74. The standard InChI is InChI=1S/C30H54O10S/c1-2-3-4-5-6-7-8-12-15-33-16-17-34-18-19-35-20-21-36-22-23-37-24-25-38-26-27-39-28-29-40-41(31,32)30-13-10-9-11-14-30/h9-11,13-14H,2-8,12,15-29H2,1H3. The largest absolute Gasteiger partial charge is 0.379 e. The summed E-state index contributed by atoms with van der Waals surface area (Å²) < 4.78 is 67.1. The molecular weight excluding hydrogens is 552 g/mol. The molecule has 0 aliphatic carbocycles. The molecule has 10 nitrogen and oxygen atoms in total. The molecule has 0 spiro atoms. The second-order valence-corrected chi connectivity index (χ2v) is 11.0. The van der Waals surface area contributed by atoms with Crippen LogP contribution in [0.25, 0.3) is 0 Å². The Morgan fingerprint density at radius 2 is 0.780 bits per heavy atom. The molecule has 0 N–H and O–H groups in total. The van der Waals surface area contributed by atoms with Crippen LogP contribution in [0.2, 0.25) is 0 Å². The van der Waals surface area contributed by atoms with Gasteiger partial charge in [-0.05, 0) is 18.6 Å². The zero-order valence-electron chi connectivity index (χ0n) is 25.1. The summed E-state index contributed by atoms with van der Waals surface area (Å²) in [7, 11) is -3.74. The Bertz CT molecular complexity index is 764. The van der Waals surface area contributed by atoms with Crippen LogP contribution in [0.1, 0.15) is 58.3 Å². The van der Waals surface area contributed by atoms with Gasteiger partial charge in [0.1, 0.15) is 0 Å². The maximum atomic E-state index is 12.0. The highest BCUT2D eigenvalue weighted by atomic mass is 32.2. The van der Waals surface area contributed by atoms with E-state index in [0.717, 1.165) is 13.0 Å². The minimum Gasteiger partial charge on any atom is -0.379 e. The molecule has 0 radical (unpaired) electrons. The van der Waals surface area contributed by atoms with E-state index in [-0.39, 0.29) is 18.1 Å². The highest BCUT2D eigenvalue weighted by Crippen LogP contribution is 2.11. The Morgan fingerprint density at radius 1 is 0.439 bits per heavy atom. The smallest absolute Gasteiger partial charge is 0.297 e. The van der Waals surface area contributed by atoms with Crippen LogP contribution < -0.4 is 0 Å². The van der Waals surface area contributed by atoms with Crippen molar-refractivity contribution >= 4 is 10.1 Å². The summed E-state index contributed by atoms with van der Waals surface area (Å²) in [5.74, 6) is 0. The molecule has 0 bridgehead atoms. The Hall–Kier alpha value is -1.15. The molecule has 0 unspecified atom stereocenters. The maximum Gasteiger partial charge on any atom is 0.297 e. The van der Waals surface area contributed by atoms with Gasteiger partial charge in [0, 0.05) is 6.61 Å². The third-order valence-corrected chi connectivity index (χ3v) is 7.20. The van der Waals surface area contributed by atoms with E-state index in [1.54, 1.807) is 18.2 Å². The summed E-state index contributed by atoms with van der Waals surface area (Å²) in [4.78, 5) is 0.129. The van der Waals surface area contributed by atoms with Gasteiger partial charge in [-0.25, -0.2) is 0 Å². The lowest BCUT2D eigenvalue weighted by Gasteiger charge is -2.09. The van der Waals surface area contributed by atoms with E-state index in [1.807, 2.05) is 0 Å². The first-order valence-electron chi connectivity index (χ1n) is 15.2. The van der Waals surface area contributed by atoms with Crippen LogP contribution in [0.3, 0.4) is 0 Å². The van der Waals surface area contributed by atoms with Crippen molar-refractivity contribution in [1.29, 1.82) is 0 Å². The van der Waals surface area contributed by atoms with Crippen molar-refractivity contribution in [2.45, 2.75) is 63.2 Å². The number of benzene rings is 1. The van der Waals surface area contributed by atoms with Gasteiger partial charge in [-0.15, -0.1) is 0 Å². The number of hydrogen-bond donors (Lipinski definition) is 0. The lowest BCUT2D eigenvalue weighted by Crippen LogP contribution is -2.15. The van der Waals surface area contributed by atoms with Crippen LogP contribution in [0.4, 0.5) is 0 Å². The van der Waals surface area contributed by atoms with Gasteiger partial charge < -0.3 is 33.2 Å². The van der Waals surface area contributed by atoms with E-state index in [9.17, 15) is 8.42 Å². The first-order chi connectivity index (χ1) is 20.2. The predicted molar refractivity (Wildman–Crippen MR) is 158 cm³/mol. The fraction of sp³-hybridized carbons (Fsp3) is 0.800. The monoisotopic (exact) mass is 606 g/mol. The van der Waals surface area contributed by atoms with E-state index in [4.69, 9.17) is 37.3 Å². The Morgan fingerprint density at radius 3 is 1.20 bits per heavy atom. The Kier molecular flexibility index (Phi) is 26.7. The van der Waals surface area contributed by atoms with Gasteiger partial charge in [0.05, 0.1) is 97.4 Å². The molecule has 0 aromatic heterocycles. The molecule has 240 valence electrons. The zero-order chi connectivity index (χ0) is 29.5. The fourth-order valence-corrected chi connectivity index (χ4v) is 4.53. The van der Waals surface area contributed by atoms with Gasteiger partial charge in [-0.1, -0.05) is 70.1 Å². The van der Waals surface area contributed by atoms with Crippen LogP contribution in [0.5, 0.6) is 0 Å². The Balaban J connectivity index is 1.68. The minimum absolute atomic E-state index is 0.0476. The lowest BCUT2D eigenvalue weighted by atomic mass is 10.1. The van der Waals surface area contributed by atoms with Crippen molar-refractivity contribution in [3.8, 4) is 0 Å². The SMILES string of the molecule is CCCCCCCCCCOCCOCCOCCOCCOCCOCCOCCOS(=O)(=O)c1ccccc1. The van der Waals surface area contributed by atoms with Gasteiger partial charge in [0.25, 0.3) is 10.1 Å². The van der Waals surface area contributed by atoms with Crippen molar-refractivity contribution in [1.82, 2.24) is 0 Å². The van der Waals surface area contributed by atoms with E-state index < -0.39 is 10.1 Å². The molecule has 1 aromatic rings. The van der Waals surface area contributed by atoms with Crippen LogP contribution in [0.15, 0.2) is 35.2 Å². The molecule has 0 atom stereocenters. The van der Waals surface area contributed by atoms with Crippen molar-refractivity contribution in [2.24, 2.45) is 0 Å². The Labute approximate surface area is 248 Å². The summed E-state index contributed by atoms with van der Waals surface area (Å²) in [5, 5.41) is 0. The molecule has 11 heteroatoms. The van der Waals surface area contributed by atoms with Crippen LogP contribution >= 0.6 is 0 Å². The van der Waals surface area contributed by atoms with Crippen molar-refractivity contribution < 1.29 is 45.8 Å². The van der Waals surface area contributed by atoms with Crippen LogP contribution in [0, 0.1) is 0 Å². The van der Waals surface area contributed by atoms with Gasteiger partial charge in [0.15, 0.2) is 0 Å². The predicted octanol–water partition coefficient (Wildman–Crippen LogP) is 4.65. The molecule has 0 saturated heterocycles. The molecule has 0 saturated carbocycles. The highest BCUT2D eigenvalue weighted by molar-refractivity contribution is 7.86. The first-order valence-corrected chi connectivity index (χ1v) is 16.6. The lowest BCUT2D eigenvalue weighted by molar-refractivity contribution is -0.0212. The molecule has 0 aliphatic heterocycles. The second-order valence-electron chi connectivity index (χ2n) is 9.35. The zero-order valence-corrected chi connectivity index (χ0v) is 26.0. The summed E-state index contributed by atoms with van der Waals surface area (Å²) >= 11 is 0. The van der Waals surface area contributed by atoms with E-state index in [2.05, 4.69) is 6.92 Å². The molecule has 0 heterocycles. The van der Waals surface area contributed by atoms with Crippen molar-refractivity contribution in [3.05, 3.63) is 30.3 Å². The fourth-order valence-electron chi connectivity index (χ4n) is 3.62. The van der Waals surface area contributed by atoms with Gasteiger partial charge in [-0.2, -0.15) is 8.42 Å². The average molecular weight is 607 g/mol. The normalized spacial score (nSPS) is 11.8. The van der Waals surface area contributed by atoms with Gasteiger partial charge >= 0.3 is 0 Å². The van der Waals surface area contributed by atoms with E-state index >= 15 is 0 Å². The van der Waals surface area contributed by atoms with Gasteiger partial charge in [-0.3, -0.25) is 4.18 Å². The van der Waals surface area contributed by atoms with Crippen molar-refractivity contribution in [2.75, 3.05) is 99.1 Å². The number of hydrogen-bond acceptors (Lipinski definition) is 10. The maximum absolute atomic E-state index is 12.0. The molecule has 0 amide bonds. The second kappa shape index (κ2) is 28.9. The van der Waals surface area contributed by atoms with Crippen LogP contribution in [-0.2, 0) is 47.5 Å². The highest BCUT2D eigenvalue weighted by Gasteiger charge is 2.13. The third kappa shape index (κ3) is 25.1. The van der Waals surface area contributed by atoms with E-state index in [0.29, 0.717) is 79.3 Å². The summed E-state index contributed by atoms with van der Waals surface area (Å²) in [5.41, 5.74) is 0. The van der Waals surface area contributed by atoms with Crippen LogP contribution in [-0.4, -0.2) is 108 Å². The quantitative estimate of drug-likeness (QED) is 0.0850. The summed E-state index contributed by atoms with van der Waals surface area (Å²) in [6.07, 6.45) is 10.5. The van der Waals surface area contributed by atoms with Crippen molar-refractivity contribution in [3.63, 3.8) is 0 Å². The number of unbranched alkanes of at least 4 members (excludes halogenated alkanes) is 7. The topological polar surface area (TPSA) is 108 Å². The molecular formula is C30H54O10S. The molecule has 41 heavy (non-hydrogen) atoms. The third-order valence-electron chi connectivity index (χ3n) is 5.87. The summed E-state index contributed by atoms with van der Waals surface area (Å²) in [6, 6.07) is 8.01. The molecule has 1 aromatic carbocycles. The average Bonchev–Trinajstić information content (AvgIpc) is 2.98. The first kappa shape index (κ1) is 37.9. The molecule has 0 fully saturated rings. The van der Waals surface area contributed by atoms with E-state index in [1.165, 1.54) is 57.1 Å². The molecule has 1 rings (SSSR count). The number of rotatable bonds is 32. The molecule has 0 aliphatic rings. The summed E-state index contributed by atoms with van der Waals surface area (Å²) in [6.45, 7) is 9.14. The number of ether oxygens (including phenoxy) is 7. The van der Waals surface area contributed by atoms with Gasteiger partial charge in [0.2, 0.25) is 0 Å².